The molecule has 0 amide bonds. The first-order chi connectivity index (χ1) is 10.0. The summed E-state index contributed by atoms with van der Waals surface area (Å²) in [6.45, 7) is 7.03. The molecule has 0 aliphatic carbocycles. The first-order valence-corrected chi connectivity index (χ1v) is 7.69. The summed E-state index contributed by atoms with van der Waals surface area (Å²) >= 11 is 1.45. The minimum absolute atomic E-state index is 0.785. The van der Waals surface area contributed by atoms with Crippen LogP contribution in [0.2, 0.25) is 0 Å². The molecule has 0 N–H and O–H groups in total. The lowest BCUT2D eigenvalue weighted by Crippen LogP contribution is -2.17. The van der Waals surface area contributed by atoms with Crippen LogP contribution in [0, 0.1) is 20.8 Å². The van der Waals surface area contributed by atoms with Gasteiger partial charge in [-0.25, -0.2) is 4.98 Å². The molecule has 0 fully saturated rings. The molecule has 1 aromatic carbocycles. The monoisotopic (exact) mass is 298 g/mol. The van der Waals surface area contributed by atoms with Crippen molar-refractivity contribution in [3.05, 3.63) is 46.0 Å². The molecule has 0 atom stereocenters. The molecule has 0 spiro atoms. The lowest BCUT2D eigenvalue weighted by Gasteiger charge is -2.19. The summed E-state index contributed by atoms with van der Waals surface area (Å²) in [7, 11) is 2.06. The van der Waals surface area contributed by atoms with E-state index in [1.807, 2.05) is 6.92 Å². The highest BCUT2D eigenvalue weighted by Gasteiger charge is 2.11. The van der Waals surface area contributed by atoms with Crippen LogP contribution < -0.4 is 4.90 Å². The van der Waals surface area contributed by atoms with Crippen molar-refractivity contribution < 1.29 is 0 Å². The molecule has 2 heterocycles. The summed E-state index contributed by atoms with van der Waals surface area (Å²) < 4.78 is 3.99. The fourth-order valence-electron chi connectivity index (χ4n) is 2.38. The van der Waals surface area contributed by atoms with Gasteiger partial charge in [-0.1, -0.05) is 16.1 Å². The number of aryl methyl sites for hydroxylation is 3. The predicted molar refractivity (Wildman–Crippen MR) is 88.0 cm³/mol. The van der Waals surface area contributed by atoms with Crippen molar-refractivity contribution in [2.45, 2.75) is 27.3 Å². The fourth-order valence-corrected chi connectivity index (χ4v) is 3.06. The normalized spacial score (nSPS) is 11.0. The Labute approximate surface area is 128 Å². The lowest BCUT2D eigenvalue weighted by atomic mass is 10.1. The number of benzene rings is 1. The molecule has 0 radical (unpaired) electrons. The van der Waals surface area contributed by atoms with Gasteiger partial charge >= 0.3 is 0 Å². The van der Waals surface area contributed by atoms with Crippen LogP contribution in [0.15, 0.2) is 24.3 Å². The fraction of sp³-hybridized carbons (Fsp3) is 0.312. The molecule has 5 heteroatoms. The third kappa shape index (κ3) is 2.74. The zero-order valence-electron chi connectivity index (χ0n) is 12.7. The highest BCUT2D eigenvalue weighted by Crippen LogP contribution is 2.24. The Morgan fingerprint density at radius 1 is 1.14 bits per heavy atom. The highest BCUT2D eigenvalue weighted by atomic mass is 32.1. The number of nitrogens with zero attached hydrogens (tertiary/aromatic N) is 4. The average molecular weight is 298 g/mol. The number of rotatable bonds is 3. The van der Waals surface area contributed by atoms with E-state index >= 15 is 0 Å². The summed E-state index contributed by atoms with van der Waals surface area (Å²) in [6.07, 6.45) is 0. The molecule has 4 nitrogen and oxygen atoms in total. The van der Waals surface area contributed by atoms with Gasteiger partial charge in [-0.05, 0) is 56.1 Å². The maximum atomic E-state index is 4.78. The van der Waals surface area contributed by atoms with E-state index in [9.17, 15) is 0 Å². The second-order valence-electron chi connectivity index (χ2n) is 5.46. The van der Waals surface area contributed by atoms with Crippen molar-refractivity contribution in [2.24, 2.45) is 0 Å². The van der Waals surface area contributed by atoms with E-state index in [1.165, 1.54) is 32.9 Å². The number of aromatic nitrogens is 3. The van der Waals surface area contributed by atoms with Gasteiger partial charge < -0.3 is 4.90 Å². The van der Waals surface area contributed by atoms with Gasteiger partial charge in [0.05, 0.1) is 22.6 Å². The van der Waals surface area contributed by atoms with Crippen molar-refractivity contribution in [3.8, 4) is 0 Å². The third-order valence-corrected chi connectivity index (χ3v) is 4.48. The van der Waals surface area contributed by atoms with Crippen LogP contribution >= 0.6 is 11.5 Å². The van der Waals surface area contributed by atoms with E-state index in [-0.39, 0.29) is 0 Å². The first kappa shape index (κ1) is 13.9. The van der Waals surface area contributed by atoms with Crippen LogP contribution in [-0.4, -0.2) is 21.6 Å². The van der Waals surface area contributed by atoms with Gasteiger partial charge in [-0.3, -0.25) is 0 Å². The zero-order chi connectivity index (χ0) is 15.0. The molecular formula is C16H18N4S. The molecule has 0 bridgehead atoms. The van der Waals surface area contributed by atoms with Crippen molar-refractivity contribution in [1.82, 2.24) is 14.6 Å². The van der Waals surface area contributed by atoms with Gasteiger partial charge in [0.1, 0.15) is 5.82 Å². The molecule has 3 rings (SSSR count). The Morgan fingerprint density at radius 2 is 1.95 bits per heavy atom. The maximum absolute atomic E-state index is 4.78. The zero-order valence-corrected chi connectivity index (χ0v) is 13.5. The van der Waals surface area contributed by atoms with Crippen molar-refractivity contribution in [3.63, 3.8) is 0 Å². The Balaban J connectivity index is 1.97. The second-order valence-corrected chi connectivity index (χ2v) is 6.29. The number of pyridine rings is 1. The van der Waals surface area contributed by atoms with Gasteiger partial charge in [0.25, 0.3) is 0 Å². The Hall–Kier alpha value is -2.01. The van der Waals surface area contributed by atoms with Crippen molar-refractivity contribution in [2.75, 3.05) is 11.9 Å². The minimum Gasteiger partial charge on any atom is -0.354 e. The molecule has 0 saturated heterocycles. The van der Waals surface area contributed by atoms with E-state index in [1.54, 1.807) is 0 Å². The van der Waals surface area contributed by atoms with Gasteiger partial charge in [-0.2, -0.15) is 0 Å². The quantitative estimate of drug-likeness (QED) is 0.740. The molecule has 0 aliphatic rings. The summed E-state index contributed by atoms with van der Waals surface area (Å²) in [5, 5.41) is 5.29. The maximum Gasteiger partial charge on any atom is 0.129 e. The smallest absolute Gasteiger partial charge is 0.129 e. The summed E-state index contributed by atoms with van der Waals surface area (Å²) in [6, 6.07) is 8.54. The molecular weight excluding hydrogens is 280 g/mol. The molecule has 0 saturated carbocycles. The van der Waals surface area contributed by atoms with Crippen LogP contribution in [0.5, 0.6) is 0 Å². The molecule has 3 aromatic rings. The molecule has 2 aromatic heterocycles. The van der Waals surface area contributed by atoms with Gasteiger partial charge in [-0.15, -0.1) is 5.10 Å². The van der Waals surface area contributed by atoms with E-state index in [2.05, 4.69) is 59.6 Å². The molecule has 21 heavy (non-hydrogen) atoms. The second kappa shape index (κ2) is 5.41. The van der Waals surface area contributed by atoms with Gasteiger partial charge in [0.2, 0.25) is 0 Å². The minimum atomic E-state index is 0.785. The van der Waals surface area contributed by atoms with Crippen molar-refractivity contribution >= 4 is 28.3 Å². The standard InChI is InChI=1S/C16H18N4S/c1-10-5-6-14-13(7-10)11(2)8-16(17-14)20(4)9-15-12(3)18-19-21-15/h5-8H,9H2,1-4H3. The first-order valence-electron chi connectivity index (χ1n) is 6.91. The summed E-state index contributed by atoms with van der Waals surface area (Å²) in [5.41, 5.74) is 4.56. The van der Waals surface area contributed by atoms with Crippen LogP contribution in [-0.2, 0) is 6.54 Å². The number of hydrogen-bond acceptors (Lipinski definition) is 5. The SMILES string of the molecule is Cc1ccc2nc(N(C)Cc3snnc3C)cc(C)c2c1. The Kier molecular flexibility index (Phi) is 3.59. The van der Waals surface area contributed by atoms with E-state index in [0.29, 0.717) is 0 Å². The average Bonchev–Trinajstić information content (AvgIpc) is 2.85. The van der Waals surface area contributed by atoms with E-state index in [0.717, 1.165) is 23.6 Å². The van der Waals surface area contributed by atoms with Crippen LogP contribution in [0.3, 0.4) is 0 Å². The third-order valence-electron chi connectivity index (χ3n) is 3.67. The topological polar surface area (TPSA) is 41.9 Å². The van der Waals surface area contributed by atoms with Crippen molar-refractivity contribution in [1.29, 1.82) is 0 Å². The lowest BCUT2D eigenvalue weighted by molar-refractivity contribution is 0.902. The van der Waals surface area contributed by atoms with Crippen LogP contribution in [0.25, 0.3) is 10.9 Å². The van der Waals surface area contributed by atoms with E-state index < -0.39 is 0 Å². The molecule has 108 valence electrons. The summed E-state index contributed by atoms with van der Waals surface area (Å²) in [5.74, 6) is 0.983. The van der Waals surface area contributed by atoms with Gasteiger partial charge in [0, 0.05) is 12.4 Å². The largest absolute Gasteiger partial charge is 0.354 e. The van der Waals surface area contributed by atoms with Crippen LogP contribution in [0.4, 0.5) is 5.82 Å². The Bertz CT molecular complexity index is 794. The van der Waals surface area contributed by atoms with Gasteiger partial charge in [0.15, 0.2) is 0 Å². The molecule has 0 unspecified atom stereocenters. The number of fused-ring (bicyclic) bond motifs is 1. The van der Waals surface area contributed by atoms with E-state index in [4.69, 9.17) is 4.98 Å². The Morgan fingerprint density at radius 3 is 2.67 bits per heavy atom. The summed E-state index contributed by atoms with van der Waals surface area (Å²) in [4.78, 5) is 8.11. The highest BCUT2D eigenvalue weighted by molar-refractivity contribution is 7.05. The number of hydrogen-bond donors (Lipinski definition) is 0. The number of anilines is 1. The van der Waals surface area contributed by atoms with Crippen LogP contribution in [0.1, 0.15) is 21.7 Å². The predicted octanol–water partition coefficient (Wildman–Crippen LogP) is 3.65. The molecule has 0 aliphatic heterocycles.